The van der Waals surface area contributed by atoms with E-state index < -0.39 is 5.97 Å². The molecular formula is C12H11NO4. The number of hydrogen-bond acceptors (Lipinski definition) is 4. The zero-order valence-electron chi connectivity index (χ0n) is 9.43. The lowest BCUT2D eigenvalue weighted by Gasteiger charge is -2.01. The van der Waals surface area contributed by atoms with Gasteiger partial charge >= 0.3 is 5.97 Å². The van der Waals surface area contributed by atoms with Gasteiger partial charge in [-0.1, -0.05) is 5.16 Å². The maximum Gasteiger partial charge on any atom is 0.341 e. The molecule has 0 bridgehead atoms. The number of carbonyl (C=O) groups is 1. The van der Waals surface area contributed by atoms with E-state index in [0.717, 1.165) is 0 Å². The highest BCUT2D eigenvalue weighted by Crippen LogP contribution is 2.27. The van der Waals surface area contributed by atoms with E-state index in [9.17, 15) is 4.79 Å². The van der Waals surface area contributed by atoms with E-state index in [-0.39, 0.29) is 11.3 Å². The van der Waals surface area contributed by atoms with Gasteiger partial charge < -0.3 is 14.4 Å². The molecule has 1 heterocycles. The summed E-state index contributed by atoms with van der Waals surface area (Å²) in [5.41, 5.74) is 1.11. The lowest BCUT2D eigenvalue weighted by Crippen LogP contribution is -1.99. The fourth-order valence-corrected chi connectivity index (χ4v) is 1.56. The summed E-state index contributed by atoms with van der Waals surface area (Å²) < 4.78 is 10.1. The van der Waals surface area contributed by atoms with Crippen LogP contribution >= 0.6 is 0 Å². The highest BCUT2D eigenvalue weighted by molar-refractivity contribution is 5.95. The second-order valence-corrected chi connectivity index (χ2v) is 3.51. The summed E-state index contributed by atoms with van der Waals surface area (Å²) in [5, 5.41) is 12.7. The number of carboxylic acids is 1. The zero-order valence-corrected chi connectivity index (χ0v) is 9.43. The lowest BCUT2D eigenvalue weighted by atomic mass is 10.1. The number of methoxy groups -OCH3 is 1. The summed E-state index contributed by atoms with van der Waals surface area (Å²) in [6.45, 7) is 1.60. The van der Waals surface area contributed by atoms with Crippen molar-refractivity contribution < 1.29 is 19.2 Å². The van der Waals surface area contributed by atoms with Gasteiger partial charge in [-0.2, -0.15) is 0 Å². The maximum absolute atomic E-state index is 11.1. The molecule has 0 radical (unpaired) electrons. The quantitative estimate of drug-likeness (QED) is 0.880. The van der Waals surface area contributed by atoms with Crippen molar-refractivity contribution in [1.82, 2.24) is 5.16 Å². The van der Waals surface area contributed by atoms with Crippen molar-refractivity contribution in [3.63, 3.8) is 0 Å². The van der Waals surface area contributed by atoms with Crippen molar-refractivity contribution in [2.24, 2.45) is 0 Å². The number of carboxylic acid groups (broad SMARTS) is 1. The molecule has 2 aromatic rings. The molecule has 1 aromatic carbocycles. The highest BCUT2D eigenvalue weighted by Gasteiger charge is 2.20. The lowest BCUT2D eigenvalue weighted by molar-refractivity contribution is 0.0696. The van der Waals surface area contributed by atoms with Crippen LogP contribution in [0.1, 0.15) is 16.1 Å². The first-order chi connectivity index (χ1) is 8.13. The van der Waals surface area contributed by atoms with E-state index in [1.807, 2.05) is 0 Å². The van der Waals surface area contributed by atoms with Crippen molar-refractivity contribution >= 4 is 5.97 Å². The normalized spacial score (nSPS) is 10.2. The Hall–Kier alpha value is -2.30. The SMILES string of the molecule is COc1ccc(-c2onc(C)c2C(=O)O)cc1. The third kappa shape index (κ3) is 1.99. The predicted molar refractivity (Wildman–Crippen MR) is 60.2 cm³/mol. The molecule has 88 valence electrons. The van der Waals surface area contributed by atoms with Crippen LogP contribution in [-0.4, -0.2) is 23.3 Å². The van der Waals surface area contributed by atoms with Gasteiger partial charge in [-0.25, -0.2) is 4.79 Å². The van der Waals surface area contributed by atoms with Gasteiger partial charge in [0.1, 0.15) is 11.3 Å². The zero-order chi connectivity index (χ0) is 12.4. The molecule has 5 heteroatoms. The average molecular weight is 233 g/mol. The minimum atomic E-state index is -1.05. The molecule has 1 aromatic heterocycles. The summed E-state index contributed by atoms with van der Waals surface area (Å²) in [6.07, 6.45) is 0. The van der Waals surface area contributed by atoms with Gasteiger partial charge in [-0.15, -0.1) is 0 Å². The number of hydrogen-bond donors (Lipinski definition) is 1. The Labute approximate surface area is 97.6 Å². The van der Waals surface area contributed by atoms with Gasteiger partial charge in [0.2, 0.25) is 0 Å². The third-order valence-corrected chi connectivity index (χ3v) is 2.43. The highest BCUT2D eigenvalue weighted by atomic mass is 16.5. The van der Waals surface area contributed by atoms with Crippen LogP contribution in [0.25, 0.3) is 11.3 Å². The average Bonchev–Trinajstić information content (AvgIpc) is 2.71. The molecule has 0 fully saturated rings. The van der Waals surface area contributed by atoms with Crippen molar-refractivity contribution in [1.29, 1.82) is 0 Å². The van der Waals surface area contributed by atoms with Crippen LogP contribution in [-0.2, 0) is 0 Å². The first kappa shape index (κ1) is 11.2. The number of aromatic nitrogens is 1. The van der Waals surface area contributed by atoms with Gasteiger partial charge in [0.05, 0.1) is 12.8 Å². The van der Waals surface area contributed by atoms with Gasteiger partial charge in [0.15, 0.2) is 5.76 Å². The fourth-order valence-electron chi connectivity index (χ4n) is 1.56. The molecular weight excluding hydrogens is 222 g/mol. The Morgan fingerprint density at radius 3 is 2.53 bits per heavy atom. The van der Waals surface area contributed by atoms with Gasteiger partial charge in [-0.05, 0) is 31.2 Å². The molecule has 17 heavy (non-hydrogen) atoms. The van der Waals surface area contributed by atoms with Gasteiger partial charge in [-0.3, -0.25) is 0 Å². The molecule has 0 aliphatic rings. The van der Waals surface area contributed by atoms with E-state index >= 15 is 0 Å². The Morgan fingerprint density at radius 1 is 1.35 bits per heavy atom. The molecule has 5 nitrogen and oxygen atoms in total. The molecule has 0 spiro atoms. The number of nitrogens with zero attached hydrogens (tertiary/aromatic N) is 1. The van der Waals surface area contributed by atoms with E-state index in [1.54, 1.807) is 38.3 Å². The molecule has 1 N–H and O–H groups in total. The topological polar surface area (TPSA) is 72.6 Å². The largest absolute Gasteiger partial charge is 0.497 e. The summed E-state index contributed by atoms with van der Waals surface area (Å²) in [6, 6.07) is 6.92. The predicted octanol–water partition coefficient (Wildman–Crippen LogP) is 2.36. The molecule has 0 amide bonds. The second-order valence-electron chi connectivity index (χ2n) is 3.51. The standard InChI is InChI=1S/C12H11NO4/c1-7-10(12(14)15)11(17-13-7)8-3-5-9(16-2)6-4-8/h3-6H,1-2H3,(H,14,15). The number of ether oxygens (including phenoxy) is 1. The van der Waals surface area contributed by atoms with Gasteiger partial charge in [0, 0.05) is 5.56 Å². The summed E-state index contributed by atoms with van der Waals surface area (Å²) in [7, 11) is 1.57. The van der Waals surface area contributed by atoms with Crippen molar-refractivity contribution in [2.45, 2.75) is 6.92 Å². The smallest absolute Gasteiger partial charge is 0.341 e. The summed E-state index contributed by atoms with van der Waals surface area (Å²) in [5.74, 6) is -0.0888. The first-order valence-corrected chi connectivity index (χ1v) is 4.97. The van der Waals surface area contributed by atoms with E-state index in [4.69, 9.17) is 14.4 Å². The van der Waals surface area contributed by atoms with E-state index in [0.29, 0.717) is 17.0 Å². The molecule has 0 saturated carbocycles. The first-order valence-electron chi connectivity index (χ1n) is 4.97. The Kier molecular flexibility index (Phi) is 2.82. The van der Waals surface area contributed by atoms with Crippen LogP contribution in [0.5, 0.6) is 5.75 Å². The fraction of sp³-hybridized carbons (Fsp3) is 0.167. The Morgan fingerprint density at radius 2 is 2.00 bits per heavy atom. The Balaban J connectivity index is 2.49. The van der Waals surface area contributed by atoms with Crippen molar-refractivity contribution in [2.75, 3.05) is 7.11 Å². The second kappa shape index (κ2) is 4.29. The van der Waals surface area contributed by atoms with E-state index in [1.165, 1.54) is 0 Å². The number of aromatic carboxylic acids is 1. The maximum atomic E-state index is 11.1. The monoisotopic (exact) mass is 233 g/mol. The molecule has 2 rings (SSSR count). The van der Waals surface area contributed by atoms with E-state index in [2.05, 4.69) is 5.16 Å². The van der Waals surface area contributed by atoms with Crippen LogP contribution in [0.3, 0.4) is 0 Å². The van der Waals surface area contributed by atoms with Crippen LogP contribution < -0.4 is 4.74 Å². The minimum absolute atomic E-state index is 0.0927. The molecule has 0 atom stereocenters. The number of benzene rings is 1. The molecule has 0 aliphatic carbocycles. The third-order valence-electron chi connectivity index (χ3n) is 2.43. The molecule has 0 aliphatic heterocycles. The molecule has 0 saturated heterocycles. The van der Waals surface area contributed by atoms with Crippen molar-refractivity contribution in [3.05, 3.63) is 35.5 Å². The van der Waals surface area contributed by atoms with Crippen LogP contribution in [0, 0.1) is 6.92 Å². The van der Waals surface area contributed by atoms with Crippen LogP contribution in [0.15, 0.2) is 28.8 Å². The summed E-state index contributed by atoms with van der Waals surface area (Å²) in [4.78, 5) is 11.1. The van der Waals surface area contributed by atoms with Crippen LogP contribution in [0.2, 0.25) is 0 Å². The number of aryl methyl sites for hydroxylation is 1. The molecule has 0 unspecified atom stereocenters. The Bertz CT molecular complexity index is 542. The van der Waals surface area contributed by atoms with Crippen LogP contribution in [0.4, 0.5) is 0 Å². The van der Waals surface area contributed by atoms with Crippen molar-refractivity contribution in [3.8, 4) is 17.1 Å². The number of rotatable bonds is 3. The van der Waals surface area contributed by atoms with Gasteiger partial charge in [0.25, 0.3) is 0 Å². The summed E-state index contributed by atoms with van der Waals surface area (Å²) >= 11 is 0. The minimum Gasteiger partial charge on any atom is -0.497 e.